The molecule has 0 aliphatic heterocycles. The van der Waals surface area contributed by atoms with Crippen molar-refractivity contribution in [3.8, 4) is 11.3 Å². The second-order valence-corrected chi connectivity index (χ2v) is 8.80. The number of aryl methyl sites for hydroxylation is 3. The Kier molecular flexibility index (Phi) is 4.39. The number of nitrogen functional groups attached to an aromatic ring is 1. The van der Waals surface area contributed by atoms with Gasteiger partial charge >= 0.3 is 0 Å². The Morgan fingerprint density at radius 1 is 0.882 bits per heavy atom. The zero-order chi connectivity index (χ0) is 23.6. The van der Waals surface area contributed by atoms with Crippen LogP contribution in [0.25, 0.3) is 44.0 Å². The maximum absolute atomic E-state index is 12.9. The maximum Gasteiger partial charge on any atom is 0.251 e. The third kappa shape index (κ3) is 3.10. The Morgan fingerprint density at radius 2 is 1.62 bits per heavy atom. The Morgan fingerprint density at radius 3 is 2.32 bits per heavy atom. The SMILES string of the molecule is Cc1ccc(-c2ccc3c(c2)c2oc3c3cc(C(=O)NCc4c(C)cc(N)nc4C)ccc32)o1. The van der Waals surface area contributed by atoms with E-state index >= 15 is 0 Å². The van der Waals surface area contributed by atoms with E-state index in [1.54, 1.807) is 0 Å². The smallest absolute Gasteiger partial charge is 0.251 e. The molecule has 2 bridgehead atoms. The lowest BCUT2D eigenvalue weighted by molar-refractivity contribution is 0.0951. The number of nitrogens with two attached hydrogens (primary N) is 1. The highest BCUT2D eigenvalue weighted by molar-refractivity contribution is 6.26. The highest BCUT2D eigenvalue weighted by Crippen LogP contribution is 2.42. The Bertz CT molecular complexity index is 1700. The van der Waals surface area contributed by atoms with E-state index in [-0.39, 0.29) is 5.91 Å². The summed E-state index contributed by atoms with van der Waals surface area (Å²) in [4.78, 5) is 17.2. The summed E-state index contributed by atoms with van der Waals surface area (Å²) in [6.07, 6.45) is 0. The molecule has 0 aliphatic carbocycles. The van der Waals surface area contributed by atoms with Gasteiger partial charge in [0, 0.05) is 44.9 Å². The first-order chi connectivity index (χ1) is 16.4. The van der Waals surface area contributed by atoms with Crippen molar-refractivity contribution in [2.45, 2.75) is 27.3 Å². The summed E-state index contributed by atoms with van der Waals surface area (Å²) in [5.74, 6) is 2.06. The molecule has 4 heterocycles. The van der Waals surface area contributed by atoms with E-state index in [4.69, 9.17) is 14.6 Å². The van der Waals surface area contributed by atoms with Crippen molar-refractivity contribution in [1.82, 2.24) is 10.3 Å². The van der Waals surface area contributed by atoms with E-state index in [1.165, 1.54) is 0 Å². The fraction of sp³-hybridized carbons (Fsp3) is 0.143. The highest BCUT2D eigenvalue weighted by atomic mass is 16.3. The van der Waals surface area contributed by atoms with Gasteiger partial charge in [-0.2, -0.15) is 0 Å². The molecule has 6 heteroatoms. The lowest BCUT2D eigenvalue weighted by Crippen LogP contribution is -2.24. The fourth-order valence-corrected chi connectivity index (χ4v) is 4.78. The summed E-state index contributed by atoms with van der Waals surface area (Å²) in [5.41, 5.74) is 11.9. The lowest BCUT2D eigenvalue weighted by atomic mass is 9.99. The van der Waals surface area contributed by atoms with E-state index in [9.17, 15) is 4.79 Å². The molecule has 0 radical (unpaired) electrons. The molecule has 0 saturated carbocycles. The van der Waals surface area contributed by atoms with Crippen LogP contribution in [0.5, 0.6) is 0 Å². The number of aromatic nitrogens is 1. The van der Waals surface area contributed by atoms with Crippen LogP contribution in [-0.4, -0.2) is 10.9 Å². The minimum atomic E-state index is -0.143. The van der Waals surface area contributed by atoms with Gasteiger partial charge in [0.1, 0.15) is 28.5 Å². The van der Waals surface area contributed by atoms with Gasteiger partial charge < -0.3 is 19.9 Å². The molecule has 6 aromatic rings. The number of hydrogen-bond acceptors (Lipinski definition) is 5. The number of benzene rings is 3. The number of pyridine rings is 1. The average molecular weight is 450 g/mol. The van der Waals surface area contributed by atoms with Crippen LogP contribution in [0.1, 0.15) is 32.9 Å². The third-order valence-electron chi connectivity index (χ3n) is 6.51. The summed E-state index contributed by atoms with van der Waals surface area (Å²) < 4.78 is 12.0. The molecular formula is C28H23N3O3. The van der Waals surface area contributed by atoms with Gasteiger partial charge in [-0.1, -0.05) is 6.07 Å². The van der Waals surface area contributed by atoms with Crippen molar-refractivity contribution in [1.29, 1.82) is 0 Å². The average Bonchev–Trinajstić information content (AvgIpc) is 3.51. The van der Waals surface area contributed by atoms with Crippen LogP contribution in [0.4, 0.5) is 5.82 Å². The van der Waals surface area contributed by atoms with Gasteiger partial charge in [-0.05, 0) is 80.4 Å². The molecule has 0 aliphatic rings. The van der Waals surface area contributed by atoms with Gasteiger partial charge in [0.05, 0.1) is 0 Å². The van der Waals surface area contributed by atoms with E-state index < -0.39 is 0 Å². The van der Waals surface area contributed by atoms with Gasteiger partial charge in [-0.25, -0.2) is 4.98 Å². The molecule has 1 amide bonds. The van der Waals surface area contributed by atoms with Crippen LogP contribution in [-0.2, 0) is 6.54 Å². The lowest BCUT2D eigenvalue weighted by Gasteiger charge is -2.11. The summed E-state index contributed by atoms with van der Waals surface area (Å²) in [7, 11) is 0. The zero-order valence-corrected chi connectivity index (χ0v) is 19.2. The summed E-state index contributed by atoms with van der Waals surface area (Å²) in [5, 5.41) is 7.04. The van der Waals surface area contributed by atoms with Gasteiger partial charge in [0.25, 0.3) is 5.91 Å². The van der Waals surface area contributed by atoms with Crippen LogP contribution < -0.4 is 11.1 Å². The van der Waals surface area contributed by atoms with E-state index in [0.717, 1.165) is 66.6 Å². The van der Waals surface area contributed by atoms with Crippen molar-refractivity contribution in [3.05, 3.63) is 82.7 Å². The van der Waals surface area contributed by atoms with Gasteiger partial charge in [0.15, 0.2) is 0 Å². The molecule has 2 aromatic carbocycles. The maximum atomic E-state index is 12.9. The molecule has 4 aromatic heterocycles. The van der Waals surface area contributed by atoms with Crippen LogP contribution in [0, 0.1) is 20.8 Å². The number of hydrogen-bond donors (Lipinski definition) is 2. The van der Waals surface area contributed by atoms with Crippen molar-refractivity contribution in [3.63, 3.8) is 0 Å². The van der Waals surface area contributed by atoms with Gasteiger partial charge in [-0.15, -0.1) is 0 Å². The second kappa shape index (κ2) is 7.35. The standard InChI is InChI=1S/C28H23N3O3/c1-14-10-25(29)31-16(3)23(14)13-30-28(32)18-6-8-20-22(12-18)27-19-7-5-17(11-21(19)26(20)34-27)24-9-4-15(2)33-24/h4-12H,13H2,1-3H3,(H2,29,31)(H,30,32). The number of rotatable bonds is 4. The van der Waals surface area contributed by atoms with E-state index in [2.05, 4.69) is 22.4 Å². The zero-order valence-electron chi connectivity index (χ0n) is 19.2. The number of nitrogens with one attached hydrogen (secondary N) is 1. The summed E-state index contributed by atoms with van der Waals surface area (Å²) >= 11 is 0. The molecule has 6 rings (SSSR count). The quantitative estimate of drug-likeness (QED) is 0.309. The number of amides is 1. The summed E-state index contributed by atoms with van der Waals surface area (Å²) in [6.45, 7) is 6.20. The molecule has 0 unspecified atom stereocenters. The van der Waals surface area contributed by atoms with Gasteiger partial charge in [0.2, 0.25) is 0 Å². The molecule has 3 N–H and O–H groups in total. The van der Waals surface area contributed by atoms with Gasteiger partial charge in [-0.3, -0.25) is 4.79 Å². The van der Waals surface area contributed by atoms with Crippen LogP contribution in [0.2, 0.25) is 0 Å². The fourth-order valence-electron chi connectivity index (χ4n) is 4.78. The monoisotopic (exact) mass is 449 g/mol. The molecule has 6 nitrogen and oxygen atoms in total. The van der Waals surface area contributed by atoms with Crippen LogP contribution in [0.15, 0.2) is 63.4 Å². The highest BCUT2D eigenvalue weighted by Gasteiger charge is 2.20. The first-order valence-electron chi connectivity index (χ1n) is 11.2. The molecule has 0 atom stereocenters. The van der Waals surface area contributed by atoms with Crippen LogP contribution in [0.3, 0.4) is 0 Å². The predicted octanol–water partition coefficient (Wildman–Crippen LogP) is 6.27. The minimum Gasteiger partial charge on any atom is -0.461 e. The van der Waals surface area contributed by atoms with Crippen molar-refractivity contribution in [2.24, 2.45) is 0 Å². The first-order valence-corrected chi connectivity index (χ1v) is 11.2. The number of furan rings is 3. The largest absolute Gasteiger partial charge is 0.461 e. The normalized spacial score (nSPS) is 11.7. The van der Waals surface area contributed by atoms with E-state index in [0.29, 0.717) is 17.9 Å². The number of nitrogens with zero attached hydrogens (tertiary/aromatic N) is 1. The topological polar surface area (TPSA) is 94.3 Å². The minimum absolute atomic E-state index is 0.143. The first kappa shape index (κ1) is 20.3. The molecule has 0 saturated heterocycles. The predicted molar refractivity (Wildman–Crippen MR) is 134 cm³/mol. The number of fused-ring (bicyclic) bond motifs is 8. The van der Waals surface area contributed by atoms with Crippen molar-refractivity contribution in [2.75, 3.05) is 5.73 Å². The van der Waals surface area contributed by atoms with Crippen molar-refractivity contribution < 1.29 is 13.6 Å². The Labute approximate surface area is 195 Å². The number of anilines is 1. The molecule has 0 fully saturated rings. The molecule has 34 heavy (non-hydrogen) atoms. The molecule has 0 spiro atoms. The van der Waals surface area contributed by atoms with E-state index in [1.807, 2.05) is 63.2 Å². The number of carbonyl (C=O) groups excluding carboxylic acids is 1. The molecule has 168 valence electrons. The third-order valence-corrected chi connectivity index (χ3v) is 6.51. The van der Waals surface area contributed by atoms with Crippen molar-refractivity contribution >= 4 is 44.4 Å². The Hall–Kier alpha value is -4.32. The Balaban J connectivity index is 1.33. The van der Waals surface area contributed by atoms with Crippen LogP contribution >= 0.6 is 0 Å². The molecular weight excluding hydrogens is 426 g/mol. The number of carbonyl (C=O) groups is 1. The summed E-state index contributed by atoms with van der Waals surface area (Å²) in [6, 6.07) is 17.7. The second-order valence-electron chi connectivity index (χ2n) is 8.80.